The Morgan fingerprint density at radius 1 is 0.900 bits per heavy atom. The normalized spacial score (nSPS) is 16.4. The first kappa shape index (κ1) is 13.0. The van der Waals surface area contributed by atoms with Gasteiger partial charge < -0.3 is 15.5 Å². The smallest absolute Gasteiger partial charge is 0.0395 e. The van der Waals surface area contributed by atoms with Crippen molar-refractivity contribution in [2.75, 3.05) is 43.9 Å². The van der Waals surface area contributed by atoms with Gasteiger partial charge in [0.05, 0.1) is 0 Å². The van der Waals surface area contributed by atoms with Crippen molar-refractivity contribution in [3.63, 3.8) is 0 Å². The number of nitrogen functional groups attached to an aromatic ring is 1. The lowest BCUT2D eigenvalue weighted by Crippen LogP contribution is -2.44. The summed E-state index contributed by atoms with van der Waals surface area (Å²) < 4.78 is 0. The molecule has 0 bridgehead atoms. The Labute approximate surface area is 120 Å². The fourth-order valence-electron chi connectivity index (χ4n) is 2.67. The minimum Gasteiger partial charge on any atom is -0.398 e. The van der Waals surface area contributed by atoms with Crippen molar-refractivity contribution in [2.24, 2.45) is 0 Å². The zero-order valence-corrected chi connectivity index (χ0v) is 11.9. The SMILES string of the molecule is CN1CCN(c2ccc(N)c(-c3ccccc3)c2)CC1. The maximum Gasteiger partial charge on any atom is 0.0395 e. The molecule has 2 N–H and O–H groups in total. The highest BCUT2D eigenvalue weighted by atomic mass is 15.2. The van der Waals surface area contributed by atoms with E-state index in [1.54, 1.807) is 0 Å². The maximum absolute atomic E-state index is 6.15. The van der Waals surface area contributed by atoms with Gasteiger partial charge in [-0.25, -0.2) is 0 Å². The van der Waals surface area contributed by atoms with Crippen LogP contribution in [-0.2, 0) is 0 Å². The van der Waals surface area contributed by atoms with Crippen molar-refractivity contribution < 1.29 is 0 Å². The molecule has 0 aliphatic carbocycles. The minimum absolute atomic E-state index is 0.842. The molecule has 0 saturated carbocycles. The largest absolute Gasteiger partial charge is 0.398 e. The molecule has 1 aliphatic heterocycles. The number of nitrogens with two attached hydrogens (primary N) is 1. The number of anilines is 2. The molecule has 104 valence electrons. The van der Waals surface area contributed by atoms with E-state index in [0.717, 1.165) is 37.4 Å². The van der Waals surface area contributed by atoms with E-state index < -0.39 is 0 Å². The van der Waals surface area contributed by atoms with Crippen LogP contribution >= 0.6 is 0 Å². The molecule has 3 nitrogen and oxygen atoms in total. The second-order valence-electron chi connectivity index (χ2n) is 5.43. The molecule has 1 fully saturated rings. The molecule has 1 aliphatic rings. The van der Waals surface area contributed by atoms with E-state index in [4.69, 9.17) is 5.73 Å². The van der Waals surface area contributed by atoms with Crippen LogP contribution in [-0.4, -0.2) is 38.1 Å². The third kappa shape index (κ3) is 2.63. The number of likely N-dealkylation sites (N-methyl/N-ethyl adjacent to an activating group) is 1. The van der Waals surface area contributed by atoms with Gasteiger partial charge in [-0.15, -0.1) is 0 Å². The summed E-state index contributed by atoms with van der Waals surface area (Å²) in [6.45, 7) is 4.39. The lowest BCUT2D eigenvalue weighted by Gasteiger charge is -2.34. The van der Waals surface area contributed by atoms with Crippen LogP contribution in [0.4, 0.5) is 11.4 Å². The molecule has 3 rings (SSSR count). The van der Waals surface area contributed by atoms with Gasteiger partial charge in [-0.1, -0.05) is 30.3 Å². The molecule has 20 heavy (non-hydrogen) atoms. The summed E-state index contributed by atoms with van der Waals surface area (Å²) in [5.74, 6) is 0. The lowest BCUT2D eigenvalue weighted by molar-refractivity contribution is 0.313. The second-order valence-corrected chi connectivity index (χ2v) is 5.43. The second kappa shape index (κ2) is 5.55. The molecule has 1 saturated heterocycles. The third-order valence-electron chi connectivity index (χ3n) is 3.99. The zero-order valence-electron chi connectivity index (χ0n) is 11.9. The average molecular weight is 267 g/mol. The van der Waals surface area contributed by atoms with E-state index in [1.165, 1.54) is 11.3 Å². The van der Waals surface area contributed by atoms with Crippen LogP contribution in [0.3, 0.4) is 0 Å². The van der Waals surface area contributed by atoms with Crippen molar-refractivity contribution >= 4 is 11.4 Å². The number of rotatable bonds is 2. The average Bonchev–Trinajstić information content (AvgIpc) is 2.50. The number of hydrogen-bond acceptors (Lipinski definition) is 3. The molecule has 0 aromatic heterocycles. The van der Waals surface area contributed by atoms with E-state index in [2.05, 4.69) is 53.2 Å². The summed E-state index contributed by atoms with van der Waals surface area (Å²) in [5.41, 5.74) is 10.6. The highest BCUT2D eigenvalue weighted by Crippen LogP contribution is 2.30. The van der Waals surface area contributed by atoms with Gasteiger partial charge in [-0.2, -0.15) is 0 Å². The molecule has 0 atom stereocenters. The van der Waals surface area contributed by atoms with Crippen LogP contribution in [0, 0.1) is 0 Å². The first-order chi connectivity index (χ1) is 9.74. The molecule has 3 heteroatoms. The molecule has 0 unspecified atom stereocenters. The van der Waals surface area contributed by atoms with Crippen molar-refractivity contribution in [3.8, 4) is 11.1 Å². The van der Waals surface area contributed by atoms with Gasteiger partial charge in [0.25, 0.3) is 0 Å². The molecule has 1 heterocycles. The number of piperazine rings is 1. The molecule has 2 aromatic rings. The van der Waals surface area contributed by atoms with Gasteiger partial charge in [-0.05, 0) is 30.8 Å². The molecule has 0 spiro atoms. The minimum atomic E-state index is 0.842. The van der Waals surface area contributed by atoms with Gasteiger partial charge in [-0.3, -0.25) is 0 Å². The summed E-state index contributed by atoms with van der Waals surface area (Å²) in [5, 5.41) is 0. The van der Waals surface area contributed by atoms with Crippen molar-refractivity contribution in [3.05, 3.63) is 48.5 Å². The quantitative estimate of drug-likeness (QED) is 0.849. The van der Waals surface area contributed by atoms with Crippen LogP contribution < -0.4 is 10.6 Å². The summed E-state index contributed by atoms with van der Waals surface area (Å²) in [6.07, 6.45) is 0. The lowest BCUT2D eigenvalue weighted by atomic mass is 10.0. The van der Waals surface area contributed by atoms with Gasteiger partial charge in [0.2, 0.25) is 0 Å². The van der Waals surface area contributed by atoms with Crippen LogP contribution in [0.2, 0.25) is 0 Å². The highest BCUT2D eigenvalue weighted by molar-refractivity contribution is 5.79. The predicted molar refractivity (Wildman–Crippen MR) is 86.0 cm³/mol. The van der Waals surface area contributed by atoms with Crippen LogP contribution in [0.25, 0.3) is 11.1 Å². The molecular weight excluding hydrogens is 246 g/mol. The molecular formula is C17H21N3. The van der Waals surface area contributed by atoms with Crippen LogP contribution in [0.5, 0.6) is 0 Å². The summed E-state index contributed by atoms with van der Waals surface area (Å²) >= 11 is 0. The fourth-order valence-corrected chi connectivity index (χ4v) is 2.67. The third-order valence-corrected chi connectivity index (χ3v) is 3.99. The summed E-state index contributed by atoms with van der Waals surface area (Å²) in [4.78, 5) is 4.80. The predicted octanol–water partition coefficient (Wildman–Crippen LogP) is 2.69. The van der Waals surface area contributed by atoms with Crippen molar-refractivity contribution in [1.82, 2.24) is 4.90 Å². The van der Waals surface area contributed by atoms with Gasteiger partial charge in [0.15, 0.2) is 0 Å². The van der Waals surface area contributed by atoms with Crippen LogP contribution in [0.1, 0.15) is 0 Å². The monoisotopic (exact) mass is 267 g/mol. The molecule has 2 aromatic carbocycles. The topological polar surface area (TPSA) is 32.5 Å². The van der Waals surface area contributed by atoms with Crippen molar-refractivity contribution in [2.45, 2.75) is 0 Å². The van der Waals surface area contributed by atoms with Crippen LogP contribution in [0.15, 0.2) is 48.5 Å². The van der Waals surface area contributed by atoms with E-state index in [0.29, 0.717) is 0 Å². The number of nitrogens with zero attached hydrogens (tertiary/aromatic N) is 2. The number of hydrogen-bond donors (Lipinski definition) is 1. The van der Waals surface area contributed by atoms with E-state index in [1.807, 2.05) is 12.1 Å². The van der Waals surface area contributed by atoms with E-state index in [9.17, 15) is 0 Å². The number of benzene rings is 2. The Morgan fingerprint density at radius 2 is 1.60 bits per heavy atom. The van der Waals surface area contributed by atoms with Gasteiger partial charge in [0.1, 0.15) is 0 Å². The Bertz CT molecular complexity index is 572. The van der Waals surface area contributed by atoms with Crippen molar-refractivity contribution in [1.29, 1.82) is 0 Å². The van der Waals surface area contributed by atoms with E-state index in [-0.39, 0.29) is 0 Å². The molecule has 0 radical (unpaired) electrons. The Kier molecular flexibility index (Phi) is 3.61. The summed E-state index contributed by atoms with van der Waals surface area (Å²) in [7, 11) is 2.18. The maximum atomic E-state index is 6.15. The first-order valence-corrected chi connectivity index (χ1v) is 7.12. The van der Waals surface area contributed by atoms with Gasteiger partial charge in [0, 0.05) is 43.1 Å². The Hall–Kier alpha value is -2.00. The first-order valence-electron chi connectivity index (χ1n) is 7.12. The Balaban J connectivity index is 1.91. The zero-order chi connectivity index (χ0) is 13.9. The van der Waals surface area contributed by atoms with Gasteiger partial charge >= 0.3 is 0 Å². The highest BCUT2D eigenvalue weighted by Gasteiger charge is 2.15. The summed E-state index contributed by atoms with van der Waals surface area (Å²) in [6, 6.07) is 16.7. The standard InChI is InChI=1S/C17H21N3/c1-19-9-11-20(12-10-19)15-7-8-17(18)16(13-15)14-5-3-2-4-6-14/h2-8,13H,9-12,18H2,1H3. The fraction of sp³-hybridized carbons (Fsp3) is 0.294. The Morgan fingerprint density at radius 3 is 2.30 bits per heavy atom. The van der Waals surface area contributed by atoms with E-state index >= 15 is 0 Å². The molecule has 0 amide bonds.